The van der Waals surface area contributed by atoms with E-state index in [1.807, 2.05) is 62.8 Å². The number of ether oxygens (including phenoxy) is 1. The summed E-state index contributed by atoms with van der Waals surface area (Å²) in [5.41, 5.74) is 2.40. The second-order valence-corrected chi connectivity index (χ2v) is 8.09. The number of hydrogen-bond donors (Lipinski definition) is 2. The molecule has 3 aromatic rings. The van der Waals surface area contributed by atoms with E-state index >= 15 is 0 Å². The molecule has 1 saturated heterocycles. The van der Waals surface area contributed by atoms with Crippen LogP contribution in [0, 0.1) is 11.3 Å². The van der Waals surface area contributed by atoms with Crippen molar-refractivity contribution in [3.8, 4) is 17.6 Å². The molecule has 31 heavy (non-hydrogen) atoms. The van der Waals surface area contributed by atoms with Gasteiger partial charge in [0.25, 0.3) is 0 Å². The molecule has 2 N–H and O–H groups in total. The number of carbonyl (C=O) groups excluding carboxylic acids is 1. The molecule has 0 radical (unpaired) electrons. The molecular weight excluding hydrogens is 390 g/mol. The monoisotopic (exact) mass is 417 g/mol. The van der Waals surface area contributed by atoms with Gasteiger partial charge in [-0.25, -0.2) is 0 Å². The zero-order valence-corrected chi connectivity index (χ0v) is 17.9. The van der Waals surface area contributed by atoms with Crippen molar-refractivity contribution in [2.75, 3.05) is 32.5 Å². The Kier molecular flexibility index (Phi) is 6.21. The fraction of sp³-hybridized carbons (Fsp3) is 0.333. The summed E-state index contributed by atoms with van der Waals surface area (Å²) in [7, 11) is 4.07. The SMILES string of the molecule is CN(C)CCn1cc(C#N)c2cc(Oc3ccc(NC(=O)C4CCCN4)cc3)ccc21. The van der Waals surface area contributed by atoms with Crippen molar-refractivity contribution in [3.63, 3.8) is 0 Å². The zero-order chi connectivity index (χ0) is 21.8. The summed E-state index contributed by atoms with van der Waals surface area (Å²) in [5, 5.41) is 16.5. The van der Waals surface area contributed by atoms with Crippen molar-refractivity contribution in [2.24, 2.45) is 0 Å². The number of carbonyl (C=O) groups is 1. The normalized spacial score (nSPS) is 15.9. The molecule has 2 aromatic carbocycles. The van der Waals surface area contributed by atoms with Gasteiger partial charge in [-0.3, -0.25) is 4.79 Å². The Morgan fingerprint density at radius 1 is 1.26 bits per heavy atom. The van der Waals surface area contributed by atoms with Crippen LogP contribution in [0.1, 0.15) is 18.4 Å². The van der Waals surface area contributed by atoms with Crippen LogP contribution in [-0.4, -0.2) is 48.6 Å². The number of rotatable bonds is 7. The maximum atomic E-state index is 12.2. The van der Waals surface area contributed by atoms with Gasteiger partial charge in [0, 0.05) is 35.9 Å². The van der Waals surface area contributed by atoms with Gasteiger partial charge in [0.1, 0.15) is 17.6 Å². The van der Waals surface area contributed by atoms with Crippen molar-refractivity contribution in [3.05, 3.63) is 54.2 Å². The Labute approximate surface area is 182 Å². The second kappa shape index (κ2) is 9.21. The molecule has 1 amide bonds. The van der Waals surface area contributed by atoms with Gasteiger partial charge in [-0.2, -0.15) is 5.26 Å². The van der Waals surface area contributed by atoms with Gasteiger partial charge in [0.2, 0.25) is 5.91 Å². The first kappa shape index (κ1) is 20.9. The van der Waals surface area contributed by atoms with Gasteiger partial charge in [0.15, 0.2) is 0 Å². The average Bonchev–Trinajstić information content (AvgIpc) is 3.42. The fourth-order valence-electron chi connectivity index (χ4n) is 3.80. The number of fused-ring (bicyclic) bond motifs is 1. The molecule has 4 rings (SSSR count). The summed E-state index contributed by atoms with van der Waals surface area (Å²) >= 11 is 0. The number of nitrogens with zero attached hydrogens (tertiary/aromatic N) is 3. The van der Waals surface area contributed by atoms with Crippen LogP contribution in [0.2, 0.25) is 0 Å². The predicted octanol–water partition coefficient (Wildman–Crippen LogP) is 3.56. The predicted molar refractivity (Wildman–Crippen MR) is 121 cm³/mol. The van der Waals surface area contributed by atoms with E-state index in [2.05, 4.69) is 26.2 Å². The van der Waals surface area contributed by atoms with Gasteiger partial charge >= 0.3 is 0 Å². The molecular formula is C24H27N5O2. The van der Waals surface area contributed by atoms with Gasteiger partial charge in [-0.05, 0) is 75.9 Å². The van der Waals surface area contributed by atoms with E-state index in [0.29, 0.717) is 17.1 Å². The van der Waals surface area contributed by atoms with Gasteiger partial charge < -0.3 is 24.8 Å². The van der Waals surface area contributed by atoms with Crippen LogP contribution in [0.15, 0.2) is 48.7 Å². The summed E-state index contributed by atoms with van der Waals surface area (Å²) in [6.45, 7) is 2.60. The van der Waals surface area contributed by atoms with Crippen LogP contribution >= 0.6 is 0 Å². The number of anilines is 1. The van der Waals surface area contributed by atoms with Crippen LogP contribution in [0.4, 0.5) is 5.69 Å². The Bertz CT molecular complexity index is 1110. The van der Waals surface area contributed by atoms with Crippen molar-refractivity contribution in [1.82, 2.24) is 14.8 Å². The first-order chi connectivity index (χ1) is 15.0. The van der Waals surface area contributed by atoms with Gasteiger partial charge in [-0.1, -0.05) is 0 Å². The molecule has 1 fully saturated rings. The third kappa shape index (κ3) is 4.88. The molecule has 0 saturated carbocycles. The molecule has 1 unspecified atom stereocenters. The van der Waals surface area contributed by atoms with Crippen LogP contribution < -0.4 is 15.4 Å². The minimum Gasteiger partial charge on any atom is -0.457 e. The number of aromatic nitrogens is 1. The van der Waals surface area contributed by atoms with Crippen LogP contribution in [-0.2, 0) is 11.3 Å². The van der Waals surface area contributed by atoms with E-state index in [1.165, 1.54) is 0 Å². The van der Waals surface area contributed by atoms with Crippen LogP contribution in [0.3, 0.4) is 0 Å². The molecule has 7 nitrogen and oxygen atoms in total. The smallest absolute Gasteiger partial charge is 0.241 e. The topological polar surface area (TPSA) is 82.3 Å². The minimum atomic E-state index is -0.109. The van der Waals surface area contributed by atoms with E-state index in [0.717, 1.165) is 49.1 Å². The van der Waals surface area contributed by atoms with Crippen molar-refractivity contribution < 1.29 is 9.53 Å². The second-order valence-electron chi connectivity index (χ2n) is 8.09. The van der Waals surface area contributed by atoms with Crippen molar-refractivity contribution in [1.29, 1.82) is 5.26 Å². The highest BCUT2D eigenvalue weighted by Gasteiger charge is 2.21. The maximum Gasteiger partial charge on any atom is 0.241 e. The number of benzene rings is 2. The lowest BCUT2D eigenvalue weighted by molar-refractivity contribution is -0.117. The standard InChI is InChI=1S/C24H27N5O2/c1-28(2)12-13-29-16-17(15-25)21-14-20(9-10-23(21)29)31-19-7-5-18(6-8-19)27-24(30)22-4-3-11-26-22/h5-10,14,16,22,26H,3-4,11-13H2,1-2H3,(H,27,30). The number of nitriles is 1. The molecule has 160 valence electrons. The number of nitrogens with one attached hydrogen (secondary N) is 2. The number of hydrogen-bond acceptors (Lipinski definition) is 5. The van der Waals surface area contributed by atoms with Gasteiger partial charge in [-0.15, -0.1) is 0 Å². The molecule has 0 aliphatic carbocycles. The lowest BCUT2D eigenvalue weighted by Gasteiger charge is -2.12. The summed E-state index contributed by atoms with van der Waals surface area (Å²) in [4.78, 5) is 14.3. The van der Waals surface area contributed by atoms with Gasteiger partial charge in [0.05, 0.1) is 11.6 Å². The summed E-state index contributed by atoms with van der Waals surface area (Å²) < 4.78 is 8.11. The molecule has 0 bridgehead atoms. The highest BCUT2D eigenvalue weighted by Crippen LogP contribution is 2.29. The maximum absolute atomic E-state index is 12.2. The van der Waals surface area contributed by atoms with E-state index in [9.17, 15) is 10.1 Å². The average molecular weight is 418 g/mol. The summed E-state index contributed by atoms with van der Waals surface area (Å²) in [6, 6.07) is 15.3. The number of likely N-dealkylation sites (N-methyl/N-ethyl adjacent to an activating group) is 1. The Morgan fingerprint density at radius 2 is 2.03 bits per heavy atom. The van der Waals surface area contributed by atoms with E-state index in [1.54, 1.807) is 0 Å². The first-order valence-corrected chi connectivity index (χ1v) is 10.5. The third-order valence-electron chi connectivity index (χ3n) is 5.50. The lowest BCUT2D eigenvalue weighted by Crippen LogP contribution is -2.35. The molecule has 1 aliphatic rings. The third-order valence-corrected chi connectivity index (χ3v) is 5.50. The zero-order valence-electron chi connectivity index (χ0n) is 17.9. The van der Waals surface area contributed by atoms with Crippen LogP contribution in [0.5, 0.6) is 11.5 Å². The van der Waals surface area contributed by atoms with Crippen molar-refractivity contribution in [2.45, 2.75) is 25.4 Å². The minimum absolute atomic E-state index is 0.000526. The summed E-state index contributed by atoms with van der Waals surface area (Å²) in [6.07, 6.45) is 3.80. The van der Waals surface area contributed by atoms with E-state index in [4.69, 9.17) is 4.74 Å². The Balaban J connectivity index is 1.46. The highest BCUT2D eigenvalue weighted by molar-refractivity contribution is 5.95. The van der Waals surface area contributed by atoms with E-state index in [-0.39, 0.29) is 11.9 Å². The molecule has 1 aliphatic heterocycles. The molecule has 7 heteroatoms. The van der Waals surface area contributed by atoms with Crippen molar-refractivity contribution >= 4 is 22.5 Å². The largest absolute Gasteiger partial charge is 0.457 e. The summed E-state index contributed by atoms with van der Waals surface area (Å²) in [5.74, 6) is 1.34. The number of amides is 1. The Morgan fingerprint density at radius 3 is 2.71 bits per heavy atom. The first-order valence-electron chi connectivity index (χ1n) is 10.5. The molecule has 1 atom stereocenters. The van der Waals surface area contributed by atoms with E-state index < -0.39 is 0 Å². The van der Waals surface area contributed by atoms with Crippen LogP contribution in [0.25, 0.3) is 10.9 Å². The molecule has 2 heterocycles. The molecule has 0 spiro atoms. The highest BCUT2D eigenvalue weighted by atomic mass is 16.5. The molecule has 1 aromatic heterocycles. The Hall–Kier alpha value is -3.34. The fourth-order valence-corrected chi connectivity index (χ4v) is 3.80. The lowest BCUT2D eigenvalue weighted by atomic mass is 10.2. The quantitative estimate of drug-likeness (QED) is 0.614.